The molecular weight excluding hydrogens is 652 g/mol. The van der Waals surface area contributed by atoms with E-state index in [1.807, 2.05) is 66.7 Å². The fourth-order valence-electron chi connectivity index (χ4n) is 6.64. The molecule has 4 unspecified atom stereocenters. The molecule has 0 aliphatic carbocycles. The largest absolute Gasteiger partial charge is 0.445 e. The quantitative estimate of drug-likeness (QED) is 0.234. The zero-order valence-electron chi connectivity index (χ0n) is 28.0. The van der Waals surface area contributed by atoms with E-state index in [4.69, 9.17) is 14.2 Å². The lowest BCUT2D eigenvalue weighted by Gasteiger charge is -2.40. The molecular formula is C38H40N6O7. The molecule has 0 bridgehead atoms. The summed E-state index contributed by atoms with van der Waals surface area (Å²) in [7, 11) is 0. The van der Waals surface area contributed by atoms with E-state index in [2.05, 4.69) is 25.1 Å². The summed E-state index contributed by atoms with van der Waals surface area (Å²) < 4.78 is 18.4. The molecule has 3 aromatic carbocycles. The minimum absolute atomic E-state index is 0.0428. The first-order chi connectivity index (χ1) is 24.9. The van der Waals surface area contributed by atoms with Gasteiger partial charge in [-0.3, -0.25) is 14.5 Å². The Kier molecular flexibility index (Phi) is 10.6. The van der Waals surface area contributed by atoms with Crippen LogP contribution in [0.3, 0.4) is 0 Å². The number of piperazine rings is 1. The first-order valence-corrected chi connectivity index (χ1v) is 17.1. The lowest BCUT2D eigenvalue weighted by Crippen LogP contribution is -2.50. The Labute approximate surface area is 295 Å². The molecule has 13 heteroatoms. The highest BCUT2D eigenvalue weighted by molar-refractivity contribution is 6.22. The smallest absolute Gasteiger partial charge is 0.408 e. The Bertz CT molecular complexity index is 1800. The van der Waals surface area contributed by atoms with E-state index in [0.717, 1.165) is 53.7 Å². The second kappa shape index (κ2) is 15.8. The summed E-state index contributed by atoms with van der Waals surface area (Å²) in [6.07, 6.45) is 1.91. The summed E-state index contributed by atoms with van der Waals surface area (Å²) in [5, 5.41) is 12.1. The van der Waals surface area contributed by atoms with E-state index in [9.17, 15) is 19.5 Å². The fourth-order valence-corrected chi connectivity index (χ4v) is 6.64. The lowest BCUT2D eigenvalue weighted by atomic mass is 9.99. The molecule has 4 aromatic rings. The number of carbonyl (C=O) groups is 3. The van der Waals surface area contributed by atoms with Crippen LogP contribution in [0.25, 0.3) is 0 Å². The molecule has 0 radical (unpaired) electrons. The van der Waals surface area contributed by atoms with E-state index < -0.39 is 30.2 Å². The number of hydrogen-bond donors (Lipinski definition) is 2. The van der Waals surface area contributed by atoms with Crippen molar-refractivity contribution in [3.05, 3.63) is 120 Å². The molecule has 3 fully saturated rings. The number of anilines is 2. The highest BCUT2D eigenvalue weighted by atomic mass is 16.7. The van der Waals surface area contributed by atoms with Crippen LogP contribution in [0.5, 0.6) is 0 Å². The van der Waals surface area contributed by atoms with Crippen LogP contribution in [0.1, 0.15) is 47.5 Å². The number of aliphatic hydroxyl groups is 1. The highest BCUT2D eigenvalue weighted by Crippen LogP contribution is 2.39. The number of benzene rings is 3. The van der Waals surface area contributed by atoms with Gasteiger partial charge in [-0.2, -0.15) is 0 Å². The van der Waals surface area contributed by atoms with Gasteiger partial charge < -0.3 is 29.5 Å². The molecule has 0 saturated carbocycles. The minimum Gasteiger partial charge on any atom is -0.445 e. The first kappa shape index (κ1) is 34.2. The third kappa shape index (κ3) is 8.24. The van der Waals surface area contributed by atoms with E-state index >= 15 is 0 Å². The molecule has 2 N–H and O–H groups in total. The Morgan fingerprint density at radius 2 is 1.63 bits per heavy atom. The summed E-state index contributed by atoms with van der Waals surface area (Å²) in [5.41, 5.74) is 3.59. The lowest BCUT2D eigenvalue weighted by molar-refractivity contribution is -0.253. The van der Waals surface area contributed by atoms with Crippen LogP contribution in [0, 0.1) is 0 Å². The summed E-state index contributed by atoms with van der Waals surface area (Å²) in [6, 6.07) is 24.7. The maximum atomic E-state index is 13.4. The van der Waals surface area contributed by atoms with Crippen molar-refractivity contribution < 1.29 is 33.7 Å². The van der Waals surface area contributed by atoms with Crippen molar-refractivity contribution in [2.75, 3.05) is 42.5 Å². The average Bonchev–Trinajstić information content (AvgIpc) is 3.46. The summed E-state index contributed by atoms with van der Waals surface area (Å²) in [5.74, 6) is -0.249. The number of nitrogens with zero attached hydrogens (tertiary/aromatic N) is 5. The normalized spacial score (nSPS) is 22.6. The van der Waals surface area contributed by atoms with Crippen molar-refractivity contribution in [1.82, 2.24) is 20.2 Å². The van der Waals surface area contributed by atoms with Crippen LogP contribution in [0.4, 0.5) is 16.4 Å². The topological polar surface area (TPSA) is 147 Å². The number of aromatic nitrogens is 2. The maximum absolute atomic E-state index is 13.4. The number of carbonyl (C=O) groups excluding carboxylic acids is 3. The number of hydrogen-bond acceptors (Lipinski definition) is 11. The van der Waals surface area contributed by atoms with Crippen LogP contribution < -0.4 is 15.1 Å². The van der Waals surface area contributed by atoms with Gasteiger partial charge in [-0.1, -0.05) is 66.7 Å². The fraction of sp³-hybridized carbons (Fsp3) is 0.342. The molecule has 3 amide bonds. The van der Waals surface area contributed by atoms with Gasteiger partial charge in [-0.25, -0.2) is 19.7 Å². The van der Waals surface area contributed by atoms with Crippen molar-refractivity contribution in [2.24, 2.45) is 0 Å². The molecule has 51 heavy (non-hydrogen) atoms. The van der Waals surface area contributed by atoms with Crippen LogP contribution >= 0.6 is 0 Å². The summed E-state index contributed by atoms with van der Waals surface area (Å²) in [6.45, 7) is 3.91. The van der Waals surface area contributed by atoms with E-state index in [0.29, 0.717) is 24.2 Å². The van der Waals surface area contributed by atoms with Crippen molar-refractivity contribution in [3.8, 4) is 0 Å². The first-order valence-electron chi connectivity index (χ1n) is 17.1. The average molecular weight is 693 g/mol. The Hall–Kier alpha value is -5.21. The zero-order chi connectivity index (χ0) is 35.2. The molecule has 3 aliphatic rings. The molecule has 3 aliphatic heterocycles. The third-order valence-corrected chi connectivity index (χ3v) is 9.34. The third-order valence-electron chi connectivity index (χ3n) is 9.34. The molecule has 1 aromatic heterocycles. The molecule has 0 spiro atoms. The van der Waals surface area contributed by atoms with Crippen LogP contribution in [-0.4, -0.2) is 82.8 Å². The number of nitrogens with one attached hydrogen (secondary N) is 1. The summed E-state index contributed by atoms with van der Waals surface area (Å²) in [4.78, 5) is 53.5. The van der Waals surface area contributed by atoms with Gasteiger partial charge in [0, 0.05) is 57.1 Å². The Balaban J connectivity index is 1.04. The number of aliphatic hydroxyl groups excluding tert-OH is 1. The molecule has 4 atom stereocenters. The predicted octanol–water partition coefficient (Wildman–Crippen LogP) is 3.89. The van der Waals surface area contributed by atoms with Crippen molar-refractivity contribution in [2.45, 2.75) is 50.6 Å². The molecule has 4 heterocycles. The standard InChI is InChI=1S/C38H40N6O7/c45-24-26-10-12-28(13-11-26)33-21-31(23-42-16-18-43(19-17-42)37-39-14-5-15-40-37)50-36(51-33)29-8-4-9-30(20-29)44-34(46)22-32(35(44)47)41-38(48)49-25-27-6-2-1-3-7-27/h1-15,20,31-33,36,45H,16-19,21-25H2,(H,41,48). The maximum Gasteiger partial charge on any atom is 0.408 e. The molecule has 3 saturated heterocycles. The van der Waals surface area contributed by atoms with Crippen molar-refractivity contribution >= 4 is 29.5 Å². The van der Waals surface area contributed by atoms with E-state index in [-0.39, 0.29) is 31.8 Å². The van der Waals surface area contributed by atoms with Crippen LogP contribution in [0.15, 0.2) is 97.3 Å². The van der Waals surface area contributed by atoms with Gasteiger partial charge >= 0.3 is 6.09 Å². The number of alkyl carbamates (subject to hydrolysis) is 1. The number of amides is 3. The minimum atomic E-state index is -1.05. The second-order valence-corrected chi connectivity index (χ2v) is 12.8. The second-order valence-electron chi connectivity index (χ2n) is 12.8. The Morgan fingerprint density at radius 3 is 2.37 bits per heavy atom. The van der Waals surface area contributed by atoms with Gasteiger partial charge in [0.15, 0.2) is 6.29 Å². The van der Waals surface area contributed by atoms with Crippen molar-refractivity contribution in [3.63, 3.8) is 0 Å². The van der Waals surface area contributed by atoms with Crippen LogP contribution in [-0.2, 0) is 37.0 Å². The summed E-state index contributed by atoms with van der Waals surface area (Å²) >= 11 is 0. The number of imide groups is 1. The Morgan fingerprint density at radius 1 is 0.863 bits per heavy atom. The molecule has 13 nitrogen and oxygen atoms in total. The number of ether oxygens (including phenoxy) is 3. The van der Waals surface area contributed by atoms with Gasteiger partial charge in [-0.15, -0.1) is 0 Å². The van der Waals surface area contributed by atoms with Gasteiger partial charge in [0.2, 0.25) is 11.9 Å². The predicted molar refractivity (Wildman–Crippen MR) is 186 cm³/mol. The van der Waals surface area contributed by atoms with Crippen LogP contribution in [0.2, 0.25) is 0 Å². The SMILES string of the molecule is O=C(NC1CC(=O)N(c2cccc(C3OC(CN4CCN(c5ncccn5)CC4)CC(c4ccc(CO)cc4)O3)c2)C1=O)OCc1ccccc1. The van der Waals surface area contributed by atoms with Gasteiger partial charge in [0.05, 0.1) is 30.9 Å². The zero-order valence-corrected chi connectivity index (χ0v) is 28.0. The van der Waals surface area contributed by atoms with E-state index in [1.54, 1.807) is 30.6 Å². The van der Waals surface area contributed by atoms with E-state index in [1.165, 1.54) is 0 Å². The highest BCUT2D eigenvalue weighted by Gasteiger charge is 2.41. The molecule has 7 rings (SSSR count). The van der Waals surface area contributed by atoms with Gasteiger partial charge in [-0.05, 0) is 34.9 Å². The number of rotatable bonds is 10. The monoisotopic (exact) mass is 692 g/mol. The van der Waals surface area contributed by atoms with Gasteiger partial charge in [0.1, 0.15) is 12.6 Å². The molecule has 264 valence electrons. The van der Waals surface area contributed by atoms with Crippen molar-refractivity contribution in [1.29, 1.82) is 0 Å². The van der Waals surface area contributed by atoms with Gasteiger partial charge in [0.25, 0.3) is 5.91 Å².